The minimum atomic E-state index is -3.71. The molecule has 21 heavy (non-hydrogen) atoms. The van der Waals surface area contributed by atoms with E-state index in [1.807, 2.05) is 11.0 Å². The molecule has 2 N–H and O–H groups in total. The van der Waals surface area contributed by atoms with Crippen LogP contribution < -0.4 is 10.0 Å². The standard InChI is InChI=1S/C11H13N5O4S/c12-8-9-7-10(16(17)18)1-2-11(9)14-3-5-15(6-4-14)21(13,19)20/h1-2,7H,3-6H2,(H2,13,19,20). The highest BCUT2D eigenvalue weighted by Crippen LogP contribution is 2.26. The number of nitrogens with zero attached hydrogens (tertiary/aromatic N) is 4. The van der Waals surface area contributed by atoms with Crippen LogP contribution in [0.2, 0.25) is 0 Å². The summed E-state index contributed by atoms with van der Waals surface area (Å²) >= 11 is 0. The van der Waals surface area contributed by atoms with Gasteiger partial charge in [0.05, 0.1) is 16.2 Å². The molecule has 0 radical (unpaired) electrons. The third-order valence-corrected chi connectivity index (χ3v) is 4.34. The first-order valence-corrected chi connectivity index (χ1v) is 7.54. The van der Waals surface area contributed by atoms with E-state index in [0.717, 1.165) is 4.31 Å². The number of anilines is 1. The van der Waals surface area contributed by atoms with Crippen LogP contribution >= 0.6 is 0 Å². The molecule has 0 unspecified atom stereocenters. The van der Waals surface area contributed by atoms with Gasteiger partial charge in [0.1, 0.15) is 6.07 Å². The van der Waals surface area contributed by atoms with Gasteiger partial charge in [0.2, 0.25) is 0 Å². The Balaban J connectivity index is 2.21. The van der Waals surface area contributed by atoms with E-state index < -0.39 is 15.1 Å². The first kappa shape index (κ1) is 15.2. The van der Waals surface area contributed by atoms with Gasteiger partial charge in [-0.2, -0.15) is 18.0 Å². The van der Waals surface area contributed by atoms with Gasteiger partial charge >= 0.3 is 0 Å². The van der Waals surface area contributed by atoms with Crippen molar-refractivity contribution in [2.24, 2.45) is 5.14 Å². The van der Waals surface area contributed by atoms with Crippen molar-refractivity contribution < 1.29 is 13.3 Å². The number of nitro benzene ring substituents is 1. The molecule has 1 aliphatic heterocycles. The number of piperazine rings is 1. The number of rotatable bonds is 3. The van der Waals surface area contributed by atoms with Gasteiger partial charge in [0.25, 0.3) is 15.9 Å². The highest BCUT2D eigenvalue weighted by atomic mass is 32.2. The van der Waals surface area contributed by atoms with E-state index in [2.05, 4.69) is 0 Å². The summed E-state index contributed by atoms with van der Waals surface area (Å²) in [5.41, 5.74) is 0.587. The Labute approximate surface area is 121 Å². The lowest BCUT2D eigenvalue weighted by atomic mass is 10.1. The van der Waals surface area contributed by atoms with Crippen molar-refractivity contribution in [3.8, 4) is 6.07 Å². The molecule has 0 atom stereocenters. The predicted octanol–water partition coefficient (Wildman–Crippen LogP) is -0.208. The summed E-state index contributed by atoms with van der Waals surface area (Å²) in [7, 11) is -3.71. The van der Waals surface area contributed by atoms with Crippen LogP contribution in [0.4, 0.5) is 11.4 Å². The fourth-order valence-electron chi connectivity index (χ4n) is 2.19. The fraction of sp³-hybridized carbons (Fsp3) is 0.364. The molecule has 1 aliphatic rings. The van der Waals surface area contributed by atoms with E-state index >= 15 is 0 Å². The Kier molecular flexibility index (Phi) is 4.08. The Morgan fingerprint density at radius 3 is 2.38 bits per heavy atom. The molecule has 1 saturated heterocycles. The van der Waals surface area contributed by atoms with E-state index in [9.17, 15) is 18.5 Å². The molecule has 1 heterocycles. The molecule has 2 rings (SSSR count). The molecular formula is C11H13N5O4S. The molecule has 0 aliphatic carbocycles. The first-order valence-electron chi connectivity index (χ1n) is 6.04. The Hall–Kier alpha value is -2.22. The number of benzene rings is 1. The molecule has 1 aromatic rings. The summed E-state index contributed by atoms with van der Waals surface area (Å²) in [4.78, 5) is 11.9. The predicted molar refractivity (Wildman–Crippen MR) is 74.7 cm³/mol. The topological polar surface area (TPSA) is 134 Å². The van der Waals surface area contributed by atoms with Crippen molar-refractivity contribution in [1.29, 1.82) is 5.26 Å². The lowest BCUT2D eigenvalue weighted by Crippen LogP contribution is -2.50. The zero-order chi connectivity index (χ0) is 15.6. The van der Waals surface area contributed by atoms with E-state index in [1.54, 1.807) is 0 Å². The molecule has 0 bridgehead atoms. The van der Waals surface area contributed by atoms with Crippen LogP contribution in [0.3, 0.4) is 0 Å². The average Bonchev–Trinajstić information content (AvgIpc) is 2.45. The van der Waals surface area contributed by atoms with Crippen molar-refractivity contribution in [1.82, 2.24) is 4.31 Å². The monoisotopic (exact) mass is 311 g/mol. The van der Waals surface area contributed by atoms with Crippen LogP contribution in [0.15, 0.2) is 18.2 Å². The van der Waals surface area contributed by atoms with Crippen LogP contribution in [-0.2, 0) is 10.2 Å². The third-order valence-electron chi connectivity index (χ3n) is 3.25. The van der Waals surface area contributed by atoms with Crippen LogP contribution in [0.25, 0.3) is 0 Å². The normalized spacial score (nSPS) is 16.5. The smallest absolute Gasteiger partial charge is 0.277 e. The van der Waals surface area contributed by atoms with E-state index in [-0.39, 0.29) is 24.3 Å². The molecule has 112 valence electrons. The maximum atomic E-state index is 11.2. The van der Waals surface area contributed by atoms with Crippen molar-refractivity contribution in [3.63, 3.8) is 0 Å². The molecule has 0 spiro atoms. The molecule has 1 fully saturated rings. The van der Waals surface area contributed by atoms with Crippen molar-refractivity contribution in [3.05, 3.63) is 33.9 Å². The SMILES string of the molecule is N#Cc1cc([N+](=O)[O-])ccc1N1CCN(S(N)(=O)=O)CC1. The number of nitro groups is 1. The molecule has 10 heteroatoms. The van der Waals surface area contributed by atoms with E-state index in [1.165, 1.54) is 18.2 Å². The second kappa shape index (κ2) is 5.65. The molecule has 0 saturated carbocycles. The fourth-order valence-corrected chi connectivity index (χ4v) is 2.86. The zero-order valence-corrected chi connectivity index (χ0v) is 11.8. The van der Waals surface area contributed by atoms with Crippen molar-refractivity contribution >= 4 is 21.6 Å². The van der Waals surface area contributed by atoms with Gasteiger partial charge < -0.3 is 4.90 Å². The van der Waals surface area contributed by atoms with Gasteiger partial charge in [0.15, 0.2) is 0 Å². The zero-order valence-electron chi connectivity index (χ0n) is 11.0. The second-order valence-electron chi connectivity index (χ2n) is 4.50. The minimum absolute atomic E-state index is 0.154. The lowest BCUT2D eigenvalue weighted by Gasteiger charge is -2.34. The van der Waals surface area contributed by atoms with Crippen LogP contribution in [-0.4, -0.2) is 43.8 Å². The molecule has 0 amide bonds. The van der Waals surface area contributed by atoms with Crippen LogP contribution in [0.1, 0.15) is 5.56 Å². The van der Waals surface area contributed by atoms with Gasteiger partial charge in [-0.1, -0.05) is 0 Å². The van der Waals surface area contributed by atoms with E-state index in [0.29, 0.717) is 18.8 Å². The van der Waals surface area contributed by atoms with Gasteiger partial charge in [0, 0.05) is 38.3 Å². The summed E-state index contributed by atoms with van der Waals surface area (Å²) in [6, 6.07) is 5.96. The van der Waals surface area contributed by atoms with Crippen molar-refractivity contribution in [2.45, 2.75) is 0 Å². The summed E-state index contributed by atoms with van der Waals surface area (Å²) in [5, 5.41) is 24.9. The number of nitrogens with two attached hydrogens (primary N) is 1. The third kappa shape index (κ3) is 3.27. The number of nitriles is 1. The van der Waals surface area contributed by atoms with Gasteiger partial charge in [-0.05, 0) is 6.07 Å². The second-order valence-corrected chi connectivity index (χ2v) is 6.05. The Bertz CT molecular complexity index is 704. The van der Waals surface area contributed by atoms with E-state index in [4.69, 9.17) is 10.4 Å². The maximum absolute atomic E-state index is 11.2. The minimum Gasteiger partial charge on any atom is -0.368 e. The quantitative estimate of drug-likeness (QED) is 0.606. The average molecular weight is 311 g/mol. The summed E-state index contributed by atoms with van der Waals surface area (Å²) < 4.78 is 23.6. The highest BCUT2D eigenvalue weighted by molar-refractivity contribution is 7.86. The van der Waals surface area contributed by atoms with Crippen LogP contribution in [0.5, 0.6) is 0 Å². The molecular weight excluding hydrogens is 298 g/mol. The number of non-ortho nitro benzene ring substituents is 1. The largest absolute Gasteiger partial charge is 0.368 e. The molecule has 0 aromatic heterocycles. The summed E-state index contributed by atoms with van der Waals surface area (Å²) in [6.07, 6.45) is 0. The Morgan fingerprint density at radius 2 is 1.90 bits per heavy atom. The summed E-state index contributed by atoms with van der Waals surface area (Å²) in [5.74, 6) is 0. The lowest BCUT2D eigenvalue weighted by molar-refractivity contribution is -0.384. The van der Waals surface area contributed by atoms with Crippen LogP contribution in [0, 0.1) is 21.4 Å². The van der Waals surface area contributed by atoms with Crippen molar-refractivity contribution in [2.75, 3.05) is 31.1 Å². The first-order chi connectivity index (χ1) is 9.82. The maximum Gasteiger partial charge on any atom is 0.277 e. The van der Waals surface area contributed by atoms with Gasteiger partial charge in [-0.25, -0.2) is 5.14 Å². The molecule has 9 nitrogen and oxygen atoms in total. The van der Waals surface area contributed by atoms with Gasteiger partial charge in [-0.15, -0.1) is 0 Å². The molecule has 1 aromatic carbocycles. The summed E-state index contributed by atoms with van der Waals surface area (Å²) in [6.45, 7) is 1.15. The number of hydrogen-bond donors (Lipinski definition) is 1. The van der Waals surface area contributed by atoms with Gasteiger partial charge in [-0.3, -0.25) is 10.1 Å². The Morgan fingerprint density at radius 1 is 1.29 bits per heavy atom. The highest BCUT2D eigenvalue weighted by Gasteiger charge is 2.25. The number of hydrogen-bond acceptors (Lipinski definition) is 6.